The normalized spacial score (nSPS) is 17.6. The van der Waals surface area contributed by atoms with Crippen molar-refractivity contribution in [3.63, 3.8) is 0 Å². The van der Waals surface area contributed by atoms with Crippen LogP contribution >= 0.6 is 0 Å². The van der Waals surface area contributed by atoms with Gasteiger partial charge >= 0.3 is 0 Å². The van der Waals surface area contributed by atoms with E-state index in [9.17, 15) is 9.50 Å². The highest BCUT2D eigenvalue weighted by Crippen LogP contribution is 2.42. The third-order valence-corrected chi connectivity index (χ3v) is 7.97. The number of aromatic hydroxyl groups is 1. The maximum absolute atomic E-state index is 14.8. The largest absolute Gasteiger partial charge is 0.508 e. The first kappa shape index (κ1) is 27.1. The lowest BCUT2D eigenvalue weighted by molar-refractivity contribution is 0.145. The number of hydrogen-bond donors (Lipinski definition) is 2. The number of phenols is 1. The zero-order valence-corrected chi connectivity index (χ0v) is 23.1. The second-order valence-electron chi connectivity index (χ2n) is 10.7. The van der Waals surface area contributed by atoms with Crippen molar-refractivity contribution < 1.29 is 23.7 Å². The fourth-order valence-corrected chi connectivity index (χ4v) is 5.71. The Kier molecular flexibility index (Phi) is 8.46. The molecule has 208 valence electrons. The Hall–Kier alpha value is -3.45. The molecule has 2 aliphatic rings. The van der Waals surface area contributed by atoms with Crippen molar-refractivity contribution in [3.05, 3.63) is 76.6 Å². The van der Waals surface area contributed by atoms with E-state index in [1.54, 1.807) is 32.4 Å². The number of nitrogens with zero attached hydrogens (tertiary/aromatic N) is 1. The average molecular weight is 535 g/mol. The standard InChI is InChI=1S/C32H39FN2O4/c1-21(15-22-5-10-30(28(33)16-22)39-14-13-35-11-4-12-35)34-29-20-32(38-3)31(37-2)19-27(29)25-7-6-24-18-26(36)9-8-23(24)17-25/h5,8-10,16,18-21,25,34,36H,4,6-7,11-15,17H2,1-3H3. The number of halogens is 1. The van der Waals surface area contributed by atoms with Crippen LogP contribution < -0.4 is 19.5 Å². The number of nitrogens with one attached hydrogen (secondary N) is 1. The zero-order valence-electron chi connectivity index (χ0n) is 23.1. The molecule has 6 nitrogen and oxygen atoms in total. The van der Waals surface area contributed by atoms with E-state index in [-0.39, 0.29) is 11.9 Å². The maximum atomic E-state index is 14.8. The summed E-state index contributed by atoms with van der Waals surface area (Å²) in [5, 5.41) is 13.6. The zero-order chi connectivity index (χ0) is 27.4. The molecule has 5 rings (SSSR count). The van der Waals surface area contributed by atoms with Gasteiger partial charge in [0.15, 0.2) is 23.1 Å². The number of aryl methyl sites for hydroxylation is 1. The number of fused-ring (bicyclic) bond motifs is 1. The molecule has 0 saturated carbocycles. The van der Waals surface area contributed by atoms with Crippen molar-refractivity contribution in [2.24, 2.45) is 0 Å². The summed E-state index contributed by atoms with van der Waals surface area (Å²) in [7, 11) is 3.30. The van der Waals surface area contributed by atoms with Gasteiger partial charge in [-0.1, -0.05) is 12.1 Å². The Labute approximate surface area is 230 Å². The van der Waals surface area contributed by atoms with Crippen LogP contribution in [0.25, 0.3) is 0 Å². The van der Waals surface area contributed by atoms with Gasteiger partial charge in [0.1, 0.15) is 12.4 Å². The minimum Gasteiger partial charge on any atom is -0.508 e. The first-order valence-corrected chi connectivity index (χ1v) is 13.9. The van der Waals surface area contributed by atoms with Gasteiger partial charge in [-0.15, -0.1) is 0 Å². The van der Waals surface area contributed by atoms with Crippen molar-refractivity contribution in [2.45, 2.75) is 51.0 Å². The van der Waals surface area contributed by atoms with Gasteiger partial charge in [0.05, 0.1) is 14.2 Å². The van der Waals surface area contributed by atoms with Crippen LogP contribution in [0.15, 0.2) is 48.5 Å². The Morgan fingerprint density at radius 2 is 1.79 bits per heavy atom. The van der Waals surface area contributed by atoms with Gasteiger partial charge in [0, 0.05) is 24.3 Å². The highest BCUT2D eigenvalue weighted by molar-refractivity contribution is 5.63. The van der Waals surface area contributed by atoms with E-state index in [1.807, 2.05) is 24.3 Å². The van der Waals surface area contributed by atoms with E-state index in [4.69, 9.17) is 14.2 Å². The number of phenolic OH excluding ortho intramolecular Hbond substituents is 1. The third kappa shape index (κ3) is 6.41. The number of rotatable bonds is 11. The van der Waals surface area contributed by atoms with E-state index in [1.165, 1.54) is 23.1 Å². The molecular weight excluding hydrogens is 495 g/mol. The minimum absolute atomic E-state index is 0.0484. The molecule has 0 bridgehead atoms. The average Bonchev–Trinajstić information content (AvgIpc) is 2.90. The molecule has 1 aliphatic heterocycles. The smallest absolute Gasteiger partial charge is 0.165 e. The Balaban J connectivity index is 1.29. The lowest BCUT2D eigenvalue weighted by atomic mass is 9.79. The number of hydrogen-bond acceptors (Lipinski definition) is 6. The summed E-state index contributed by atoms with van der Waals surface area (Å²) in [6, 6.07) is 15.1. The maximum Gasteiger partial charge on any atom is 0.165 e. The summed E-state index contributed by atoms with van der Waals surface area (Å²) in [6.45, 7) is 5.66. The molecule has 3 aromatic rings. The lowest BCUT2D eigenvalue weighted by Gasteiger charge is -2.30. The van der Waals surface area contributed by atoms with Gasteiger partial charge in [-0.05, 0) is 111 Å². The Morgan fingerprint density at radius 3 is 2.51 bits per heavy atom. The molecule has 0 spiro atoms. The van der Waals surface area contributed by atoms with E-state index in [0.717, 1.165) is 50.1 Å². The van der Waals surface area contributed by atoms with Crippen molar-refractivity contribution in [3.8, 4) is 23.0 Å². The number of anilines is 1. The summed E-state index contributed by atoms with van der Waals surface area (Å²) in [6.07, 6.45) is 4.66. The van der Waals surface area contributed by atoms with E-state index in [0.29, 0.717) is 41.9 Å². The van der Waals surface area contributed by atoms with Gasteiger partial charge in [-0.2, -0.15) is 0 Å². The molecule has 39 heavy (non-hydrogen) atoms. The molecule has 1 heterocycles. The molecule has 1 aliphatic carbocycles. The quantitative estimate of drug-likeness (QED) is 0.317. The minimum atomic E-state index is -0.318. The molecular formula is C32H39FN2O4. The highest BCUT2D eigenvalue weighted by atomic mass is 19.1. The van der Waals surface area contributed by atoms with Gasteiger partial charge in [-0.25, -0.2) is 4.39 Å². The summed E-state index contributed by atoms with van der Waals surface area (Å²) >= 11 is 0. The summed E-state index contributed by atoms with van der Waals surface area (Å²) < 4.78 is 31.7. The van der Waals surface area contributed by atoms with Gasteiger partial charge in [0.2, 0.25) is 0 Å². The van der Waals surface area contributed by atoms with Gasteiger partial charge < -0.3 is 24.6 Å². The molecule has 2 atom stereocenters. The summed E-state index contributed by atoms with van der Waals surface area (Å²) in [5.41, 5.74) is 5.57. The van der Waals surface area contributed by atoms with Crippen molar-refractivity contribution >= 4 is 5.69 Å². The van der Waals surface area contributed by atoms with Gasteiger partial charge in [0.25, 0.3) is 0 Å². The van der Waals surface area contributed by atoms with Crippen LogP contribution in [-0.4, -0.2) is 56.5 Å². The second-order valence-corrected chi connectivity index (χ2v) is 10.7. The van der Waals surface area contributed by atoms with Crippen molar-refractivity contribution in [1.82, 2.24) is 4.90 Å². The molecule has 1 saturated heterocycles. The molecule has 1 fully saturated rings. The molecule has 0 aromatic heterocycles. The SMILES string of the molecule is COc1cc(NC(C)Cc2ccc(OCCN3CCC3)c(F)c2)c(C2CCc3cc(O)ccc3C2)cc1OC. The summed E-state index contributed by atoms with van der Waals surface area (Å²) in [5.74, 6) is 1.98. The van der Waals surface area contributed by atoms with Crippen molar-refractivity contribution in [2.75, 3.05) is 45.8 Å². The number of benzene rings is 3. The van der Waals surface area contributed by atoms with Crippen LogP contribution in [0, 0.1) is 5.82 Å². The van der Waals surface area contributed by atoms with Gasteiger partial charge in [-0.3, -0.25) is 4.90 Å². The molecule has 7 heteroatoms. The number of methoxy groups -OCH3 is 2. The van der Waals surface area contributed by atoms with Crippen LogP contribution in [0.2, 0.25) is 0 Å². The topological polar surface area (TPSA) is 63.2 Å². The van der Waals surface area contributed by atoms with E-state index < -0.39 is 0 Å². The Bertz CT molecular complexity index is 1290. The molecule has 2 unspecified atom stereocenters. The van der Waals surface area contributed by atoms with E-state index >= 15 is 0 Å². The number of ether oxygens (including phenoxy) is 3. The Morgan fingerprint density at radius 1 is 1.00 bits per heavy atom. The lowest BCUT2D eigenvalue weighted by Crippen LogP contribution is -2.39. The predicted molar refractivity (Wildman–Crippen MR) is 152 cm³/mol. The third-order valence-electron chi connectivity index (χ3n) is 7.97. The van der Waals surface area contributed by atoms with Crippen LogP contribution in [0.3, 0.4) is 0 Å². The highest BCUT2D eigenvalue weighted by Gasteiger charge is 2.25. The van der Waals surface area contributed by atoms with Crippen molar-refractivity contribution in [1.29, 1.82) is 0 Å². The second kappa shape index (κ2) is 12.2. The molecule has 3 aromatic carbocycles. The summed E-state index contributed by atoms with van der Waals surface area (Å²) in [4.78, 5) is 2.30. The van der Waals surface area contributed by atoms with E-state index in [2.05, 4.69) is 23.2 Å². The fourth-order valence-electron chi connectivity index (χ4n) is 5.71. The van der Waals surface area contributed by atoms with Crippen LogP contribution in [0.4, 0.5) is 10.1 Å². The first-order valence-electron chi connectivity index (χ1n) is 13.9. The monoisotopic (exact) mass is 534 g/mol. The number of likely N-dealkylation sites (tertiary alicyclic amines) is 1. The van der Waals surface area contributed by atoms with Crippen LogP contribution in [0.1, 0.15) is 47.9 Å². The molecule has 2 N–H and O–H groups in total. The molecule has 0 amide bonds. The van der Waals surface area contributed by atoms with Crippen LogP contribution in [-0.2, 0) is 19.3 Å². The van der Waals surface area contributed by atoms with Crippen LogP contribution in [0.5, 0.6) is 23.0 Å². The predicted octanol–water partition coefficient (Wildman–Crippen LogP) is 5.95. The molecule has 0 radical (unpaired) electrons. The fraction of sp³-hybridized carbons (Fsp3) is 0.438. The first-order chi connectivity index (χ1) is 18.9.